The molecule has 1 aliphatic rings. The summed E-state index contributed by atoms with van der Waals surface area (Å²) in [6.45, 7) is 0.528. The van der Waals surface area contributed by atoms with E-state index in [2.05, 4.69) is 0 Å². The average Bonchev–Trinajstić information content (AvgIpc) is 3.11. The van der Waals surface area contributed by atoms with Crippen molar-refractivity contribution in [3.63, 3.8) is 0 Å². The minimum absolute atomic E-state index is 0.165. The second-order valence-corrected chi connectivity index (χ2v) is 5.99. The van der Waals surface area contributed by atoms with Gasteiger partial charge < -0.3 is 14.7 Å². The normalized spacial score (nSPS) is 16.6. The number of carboxylic acids is 1. The van der Waals surface area contributed by atoms with Crippen molar-refractivity contribution in [2.45, 2.75) is 12.5 Å². The molecule has 6 heteroatoms. The first-order chi connectivity index (χ1) is 10.6. The lowest BCUT2D eigenvalue weighted by Crippen LogP contribution is -2.31. The lowest BCUT2D eigenvalue weighted by molar-refractivity contribution is -0.138. The number of hydrogen-bond acceptors (Lipinski definition) is 4. The van der Waals surface area contributed by atoms with Gasteiger partial charge in [-0.2, -0.15) is 0 Å². The van der Waals surface area contributed by atoms with Gasteiger partial charge in [0.2, 0.25) is 0 Å². The van der Waals surface area contributed by atoms with Gasteiger partial charge in [0.15, 0.2) is 0 Å². The number of anilines is 1. The summed E-state index contributed by atoms with van der Waals surface area (Å²) < 4.78 is 5.11. The van der Waals surface area contributed by atoms with Gasteiger partial charge in [0.05, 0.1) is 11.5 Å². The van der Waals surface area contributed by atoms with Gasteiger partial charge in [0.25, 0.3) is 5.91 Å². The molecule has 5 nitrogen and oxygen atoms in total. The van der Waals surface area contributed by atoms with Crippen molar-refractivity contribution in [3.8, 4) is 0 Å². The number of rotatable bonds is 4. The van der Waals surface area contributed by atoms with Crippen LogP contribution in [0.1, 0.15) is 26.7 Å². The Morgan fingerprint density at radius 2 is 2.14 bits per heavy atom. The molecule has 1 aromatic heterocycles. The standard InChI is InChI=1S/C16H15NO4S/c1-21-9-10-6-7-22-14(10)15(18)17-8-12(16(19)20)11-4-2-3-5-13(11)17/h2-7,12H,8-9H2,1H3,(H,19,20). The molecular formula is C16H15NO4S. The monoisotopic (exact) mass is 317 g/mol. The summed E-state index contributed by atoms with van der Waals surface area (Å²) in [7, 11) is 1.58. The first kappa shape index (κ1) is 14.7. The number of para-hydroxylation sites is 1. The predicted molar refractivity (Wildman–Crippen MR) is 83.5 cm³/mol. The molecule has 0 saturated heterocycles. The van der Waals surface area contributed by atoms with Crippen molar-refractivity contribution < 1.29 is 19.4 Å². The quantitative estimate of drug-likeness (QED) is 0.941. The third kappa shape index (κ3) is 2.40. The van der Waals surface area contributed by atoms with Crippen LogP contribution in [0.3, 0.4) is 0 Å². The van der Waals surface area contributed by atoms with Crippen molar-refractivity contribution in [2.24, 2.45) is 0 Å². The van der Waals surface area contributed by atoms with Crippen LogP contribution >= 0.6 is 11.3 Å². The maximum atomic E-state index is 12.8. The number of aliphatic carboxylic acids is 1. The fourth-order valence-electron chi connectivity index (χ4n) is 2.73. The number of thiophene rings is 1. The molecule has 3 rings (SSSR count). The second-order valence-electron chi connectivity index (χ2n) is 5.07. The van der Waals surface area contributed by atoms with Crippen LogP contribution in [0.2, 0.25) is 0 Å². The van der Waals surface area contributed by atoms with E-state index >= 15 is 0 Å². The highest BCUT2D eigenvalue weighted by Gasteiger charge is 2.37. The fraction of sp³-hybridized carbons (Fsp3) is 0.250. The largest absolute Gasteiger partial charge is 0.481 e. The van der Waals surface area contributed by atoms with Crippen LogP contribution in [0.15, 0.2) is 35.7 Å². The Morgan fingerprint density at radius 1 is 1.36 bits per heavy atom. The highest BCUT2D eigenvalue weighted by molar-refractivity contribution is 7.12. The summed E-state index contributed by atoms with van der Waals surface area (Å²) in [5.41, 5.74) is 2.19. The Morgan fingerprint density at radius 3 is 2.86 bits per heavy atom. The molecule has 2 aromatic rings. The van der Waals surface area contributed by atoms with E-state index in [0.29, 0.717) is 22.7 Å². The van der Waals surface area contributed by atoms with Crippen LogP contribution in [0.25, 0.3) is 0 Å². The fourth-order valence-corrected chi connectivity index (χ4v) is 3.58. The van der Waals surface area contributed by atoms with E-state index in [1.807, 2.05) is 17.5 Å². The van der Waals surface area contributed by atoms with Gasteiger partial charge in [-0.1, -0.05) is 18.2 Å². The van der Waals surface area contributed by atoms with Gasteiger partial charge in [-0.05, 0) is 23.1 Å². The van der Waals surface area contributed by atoms with E-state index in [0.717, 1.165) is 5.56 Å². The zero-order valence-corrected chi connectivity index (χ0v) is 12.8. The number of carbonyl (C=O) groups excluding carboxylic acids is 1. The number of fused-ring (bicyclic) bond motifs is 1. The van der Waals surface area contributed by atoms with Gasteiger partial charge in [0.1, 0.15) is 5.92 Å². The Bertz CT molecular complexity index is 724. The van der Waals surface area contributed by atoms with Crippen molar-refractivity contribution in [2.75, 3.05) is 18.6 Å². The highest BCUT2D eigenvalue weighted by Crippen LogP contribution is 2.37. The molecule has 1 aliphatic heterocycles. The van der Waals surface area contributed by atoms with Crippen molar-refractivity contribution in [1.82, 2.24) is 0 Å². The van der Waals surface area contributed by atoms with E-state index in [9.17, 15) is 14.7 Å². The molecule has 0 bridgehead atoms. The van der Waals surface area contributed by atoms with Gasteiger partial charge in [-0.25, -0.2) is 0 Å². The molecule has 0 aliphatic carbocycles. The summed E-state index contributed by atoms with van der Waals surface area (Å²) >= 11 is 1.35. The molecule has 1 amide bonds. The maximum Gasteiger partial charge on any atom is 0.312 e. The Labute approximate surface area is 131 Å². The van der Waals surface area contributed by atoms with Gasteiger partial charge in [-0.3, -0.25) is 9.59 Å². The van der Waals surface area contributed by atoms with Crippen molar-refractivity contribution in [3.05, 3.63) is 51.7 Å². The number of hydrogen-bond donors (Lipinski definition) is 1. The van der Waals surface area contributed by atoms with Crippen LogP contribution in [0.5, 0.6) is 0 Å². The lowest BCUT2D eigenvalue weighted by atomic mass is 10.0. The highest BCUT2D eigenvalue weighted by atomic mass is 32.1. The molecular weight excluding hydrogens is 302 g/mol. The van der Waals surface area contributed by atoms with Crippen LogP contribution < -0.4 is 4.90 Å². The number of ether oxygens (including phenoxy) is 1. The third-order valence-corrected chi connectivity index (χ3v) is 4.70. The van der Waals surface area contributed by atoms with E-state index in [1.165, 1.54) is 11.3 Å². The summed E-state index contributed by atoms with van der Waals surface area (Å²) in [4.78, 5) is 26.4. The lowest BCUT2D eigenvalue weighted by Gasteiger charge is -2.17. The first-order valence-corrected chi connectivity index (χ1v) is 7.70. The Balaban J connectivity index is 1.97. The molecule has 0 saturated carbocycles. The Hall–Kier alpha value is -2.18. The van der Waals surface area contributed by atoms with Gasteiger partial charge >= 0.3 is 5.97 Å². The first-order valence-electron chi connectivity index (χ1n) is 6.82. The van der Waals surface area contributed by atoms with E-state index < -0.39 is 11.9 Å². The van der Waals surface area contributed by atoms with Crippen LogP contribution in [-0.2, 0) is 16.1 Å². The smallest absolute Gasteiger partial charge is 0.312 e. The molecule has 1 atom stereocenters. The molecule has 1 unspecified atom stereocenters. The van der Waals surface area contributed by atoms with Crippen LogP contribution in [0.4, 0.5) is 5.69 Å². The van der Waals surface area contributed by atoms with Crippen molar-refractivity contribution >= 4 is 28.9 Å². The summed E-state index contributed by atoms with van der Waals surface area (Å²) in [6.07, 6.45) is 0. The number of amides is 1. The molecule has 0 fully saturated rings. The molecule has 1 N–H and O–H groups in total. The minimum atomic E-state index is -0.911. The number of benzene rings is 1. The van der Waals surface area contributed by atoms with Gasteiger partial charge in [0, 0.05) is 24.9 Å². The summed E-state index contributed by atoms with van der Waals surface area (Å²) in [5, 5.41) is 11.2. The number of methoxy groups -OCH3 is 1. The third-order valence-electron chi connectivity index (χ3n) is 3.75. The molecule has 22 heavy (non-hydrogen) atoms. The zero-order chi connectivity index (χ0) is 15.7. The zero-order valence-electron chi connectivity index (χ0n) is 12.0. The molecule has 114 valence electrons. The SMILES string of the molecule is COCc1ccsc1C(=O)N1CC(C(=O)O)c2ccccc21. The maximum absolute atomic E-state index is 12.8. The van der Waals surface area contributed by atoms with E-state index in [1.54, 1.807) is 30.2 Å². The molecule has 1 aromatic carbocycles. The Kier molecular flexibility index (Phi) is 3.96. The minimum Gasteiger partial charge on any atom is -0.481 e. The summed E-state index contributed by atoms with van der Waals surface area (Å²) in [6, 6.07) is 9.03. The van der Waals surface area contributed by atoms with Gasteiger partial charge in [-0.15, -0.1) is 11.3 Å². The second kappa shape index (κ2) is 5.90. The van der Waals surface area contributed by atoms with Crippen LogP contribution in [0, 0.1) is 0 Å². The molecule has 0 radical (unpaired) electrons. The molecule has 2 heterocycles. The predicted octanol–water partition coefficient (Wildman–Crippen LogP) is 2.72. The number of nitrogens with zero attached hydrogens (tertiary/aromatic N) is 1. The summed E-state index contributed by atoms with van der Waals surface area (Å²) in [5.74, 6) is -1.75. The topological polar surface area (TPSA) is 66.8 Å². The number of carbonyl (C=O) groups is 2. The van der Waals surface area contributed by atoms with E-state index in [4.69, 9.17) is 4.74 Å². The van der Waals surface area contributed by atoms with Crippen LogP contribution in [-0.4, -0.2) is 30.6 Å². The van der Waals surface area contributed by atoms with E-state index in [-0.39, 0.29) is 12.5 Å². The average molecular weight is 317 g/mol. The number of carboxylic acid groups (broad SMARTS) is 1. The van der Waals surface area contributed by atoms with Crippen molar-refractivity contribution in [1.29, 1.82) is 0 Å². The molecule has 0 spiro atoms.